The molecule has 12 aromatic rings. The fraction of sp³-hybridized carbons (Fsp3) is 0.0303. The predicted octanol–water partition coefficient (Wildman–Crippen LogP) is 18.0. The minimum atomic E-state index is -0.350. The second-order valence-electron chi connectivity index (χ2n) is 18.0. The summed E-state index contributed by atoms with van der Waals surface area (Å²) in [6.07, 6.45) is 0. The third-order valence-electron chi connectivity index (χ3n) is 14.5. The second kappa shape index (κ2) is 15.2. The fourth-order valence-electron chi connectivity index (χ4n) is 11.5. The van der Waals surface area contributed by atoms with E-state index in [1.165, 1.54) is 127 Å². The van der Waals surface area contributed by atoms with E-state index >= 15 is 0 Å². The van der Waals surface area contributed by atoms with Gasteiger partial charge < -0.3 is 0 Å². The van der Waals surface area contributed by atoms with Gasteiger partial charge in [0.25, 0.3) is 0 Å². The Bertz CT molecular complexity index is 3760. The van der Waals surface area contributed by atoms with Gasteiger partial charge in [0.15, 0.2) is 0 Å². The lowest BCUT2D eigenvalue weighted by Gasteiger charge is -2.30. The summed E-state index contributed by atoms with van der Waals surface area (Å²) in [5.41, 5.74) is 18.6. The van der Waals surface area contributed by atoms with Crippen molar-refractivity contribution >= 4 is 43.1 Å². The van der Waals surface area contributed by atoms with Crippen molar-refractivity contribution in [3.63, 3.8) is 0 Å². The molecule has 0 radical (unpaired) electrons. The van der Waals surface area contributed by atoms with Crippen LogP contribution in [0.25, 0.3) is 110 Å². The summed E-state index contributed by atoms with van der Waals surface area (Å²) in [4.78, 5) is 0. The molecule has 0 nitrogen and oxygen atoms in total. The summed E-state index contributed by atoms with van der Waals surface area (Å²) >= 11 is 0. The van der Waals surface area contributed by atoms with Crippen molar-refractivity contribution < 1.29 is 0 Å². The normalized spacial score (nSPS) is 14.2. The Morgan fingerprint density at radius 3 is 1.32 bits per heavy atom. The van der Waals surface area contributed by atoms with Crippen LogP contribution in [0.1, 0.15) is 23.6 Å². The van der Waals surface area contributed by atoms with E-state index in [4.69, 9.17) is 0 Å². The molecular weight excluding hydrogens is 793 g/mol. The van der Waals surface area contributed by atoms with Gasteiger partial charge in [-0.1, -0.05) is 224 Å². The largest absolute Gasteiger partial charge is 0.0622 e. The summed E-state index contributed by atoms with van der Waals surface area (Å²) in [7, 11) is 0. The van der Waals surface area contributed by atoms with Crippen molar-refractivity contribution in [3.8, 4) is 66.8 Å². The standard InChI is InChI=1S/C66H44/c1-66(61-34-18-24-45-23-8-9-25-51(45)61)62-33-17-16-28-54(62)55-36-35-46(42-63(55)66)64-56-29-12-14-31-58(56)65(59-32-15-13-30-57(59)64)60-38-37-50(52-26-10-11-27-53(52)60)49-40-47(43-19-4-2-5-20-43)39-48(41-49)44-21-6-3-7-22-44/h2-42H,1H3. The lowest BCUT2D eigenvalue weighted by atomic mass is 9.72. The molecule has 1 unspecified atom stereocenters. The molecule has 0 aromatic heterocycles. The van der Waals surface area contributed by atoms with Crippen molar-refractivity contribution in [2.45, 2.75) is 12.3 Å². The molecule has 13 rings (SSSR count). The number of benzene rings is 12. The highest BCUT2D eigenvalue weighted by atomic mass is 14.4. The van der Waals surface area contributed by atoms with E-state index in [0.717, 1.165) is 0 Å². The Morgan fingerprint density at radius 2 is 0.667 bits per heavy atom. The highest BCUT2D eigenvalue weighted by Crippen LogP contribution is 2.55. The lowest BCUT2D eigenvalue weighted by molar-refractivity contribution is 0.721. The first-order valence-corrected chi connectivity index (χ1v) is 23.1. The Hall–Kier alpha value is -8.32. The maximum absolute atomic E-state index is 2.52. The van der Waals surface area contributed by atoms with E-state index < -0.39 is 0 Å². The van der Waals surface area contributed by atoms with Crippen LogP contribution in [0.15, 0.2) is 249 Å². The van der Waals surface area contributed by atoms with E-state index in [0.29, 0.717) is 0 Å². The summed E-state index contributed by atoms with van der Waals surface area (Å²) in [6.45, 7) is 2.44. The van der Waals surface area contributed by atoms with Crippen LogP contribution in [0, 0.1) is 0 Å². The van der Waals surface area contributed by atoms with E-state index in [-0.39, 0.29) is 5.41 Å². The Labute approximate surface area is 385 Å². The van der Waals surface area contributed by atoms with Crippen LogP contribution in [0.3, 0.4) is 0 Å². The van der Waals surface area contributed by atoms with Crippen LogP contribution in [-0.4, -0.2) is 0 Å². The van der Waals surface area contributed by atoms with E-state index in [2.05, 4.69) is 256 Å². The third-order valence-corrected chi connectivity index (χ3v) is 14.5. The van der Waals surface area contributed by atoms with Crippen LogP contribution in [-0.2, 0) is 5.41 Å². The van der Waals surface area contributed by atoms with Crippen LogP contribution >= 0.6 is 0 Å². The monoisotopic (exact) mass is 836 g/mol. The van der Waals surface area contributed by atoms with Gasteiger partial charge in [-0.3, -0.25) is 0 Å². The lowest BCUT2D eigenvalue weighted by Crippen LogP contribution is -2.22. The van der Waals surface area contributed by atoms with Crippen LogP contribution < -0.4 is 0 Å². The van der Waals surface area contributed by atoms with Crippen molar-refractivity contribution in [1.29, 1.82) is 0 Å². The fourth-order valence-corrected chi connectivity index (χ4v) is 11.5. The quantitative estimate of drug-likeness (QED) is 0.146. The zero-order chi connectivity index (χ0) is 43.8. The molecule has 12 aromatic carbocycles. The maximum Gasteiger partial charge on any atom is 0.0441 e. The molecule has 0 fully saturated rings. The van der Waals surface area contributed by atoms with Crippen LogP contribution in [0.2, 0.25) is 0 Å². The summed E-state index contributed by atoms with van der Waals surface area (Å²) in [5, 5.41) is 10.1. The van der Waals surface area contributed by atoms with Crippen molar-refractivity contribution in [2.24, 2.45) is 0 Å². The van der Waals surface area contributed by atoms with Gasteiger partial charge in [0.1, 0.15) is 0 Å². The number of rotatable bonds is 6. The Balaban J connectivity index is 1.03. The minimum Gasteiger partial charge on any atom is -0.0622 e. The zero-order valence-corrected chi connectivity index (χ0v) is 36.7. The van der Waals surface area contributed by atoms with Gasteiger partial charge in [0.2, 0.25) is 0 Å². The van der Waals surface area contributed by atoms with Gasteiger partial charge in [-0.25, -0.2) is 0 Å². The average Bonchev–Trinajstić information content (AvgIpc) is 3.65. The van der Waals surface area contributed by atoms with Gasteiger partial charge in [0, 0.05) is 5.41 Å². The highest BCUT2D eigenvalue weighted by molar-refractivity contribution is 6.24. The number of hydrogen-bond acceptors (Lipinski definition) is 0. The predicted molar refractivity (Wildman–Crippen MR) is 281 cm³/mol. The molecule has 308 valence electrons. The van der Waals surface area contributed by atoms with E-state index in [1.54, 1.807) is 0 Å². The smallest absolute Gasteiger partial charge is 0.0441 e. The van der Waals surface area contributed by atoms with Crippen molar-refractivity contribution in [2.75, 3.05) is 0 Å². The molecule has 0 saturated heterocycles. The van der Waals surface area contributed by atoms with Crippen molar-refractivity contribution in [3.05, 3.63) is 265 Å². The molecule has 0 aliphatic heterocycles. The van der Waals surface area contributed by atoms with E-state index in [1.807, 2.05) is 0 Å². The SMILES string of the molecule is CC1(c2cccc3ccccc23)c2ccccc2-c2ccc(-c3c4ccccc4c(-c4ccc(-c5cc(-c6ccccc6)cc(-c6ccccc6)c5)c5ccccc45)c4ccccc34)cc21. The molecule has 1 aliphatic rings. The molecular formula is C66H44. The molecule has 0 N–H and O–H groups in total. The van der Waals surface area contributed by atoms with Crippen LogP contribution in [0.5, 0.6) is 0 Å². The molecule has 0 heterocycles. The molecule has 66 heavy (non-hydrogen) atoms. The number of hydrogen-bond donors (Lipinski definition) is 0. The molecule has 1 aliphatic carbocycles. The first-order valence-electron chi connectivity index (χ1n) is 23.1. The van der Waals surface area contributed by atoms with Gasteiger partial charge in [-0.15, -0.1) is 0 Å². The zero-order valence-electron chi connectivity index (χ0n) is 36.7. The van der Waals surface area contributed by atoms with Gasteiger partial charge in [-0.05, 0) is 158 Å². The molecule has 0 spiro atoms. The number of fused-ring (bicyclic) bond motifs is 7. The first kappa shape index (κ1) is 38.2. The van der Waals surface area contributed by atoms with Gasteiger partial charge in [0.05, 0.1) is 0 Å². The Kier molecular flexibility index (Phi) is 8.76. The molecule has 0 heteroatoms. The molecule has 0 saturated carbocycles. The van der Waals surface area contributed by atoms with Gasteiger partial charge >= 0.3 is 0 Å². The first-order chi connectivity index (χ1) is 32.6. The maximum atomic E-state index is 2.52. The Morgan fingerprint density at radius 1 is 0.227 bits per heavy atom. The second-order valence-corrected chi connectivity index (χ2v) is 18.0. The highest BCUT2D eigenvalue weighted by Gasteiger charge is 2.41. The third kappa shape index (κ3) is 5.85. The topological polar surface area (TPSA) is 0 Å². The van der Waals surface area contributed by atoms with E-state index in [9.17, 15) is 0 Å². The van der Waals surface area contributed by atoms with Gasteiger partial charge in [-0.2, -0.15) is 0 Å². The summed E-state index contributed by atoms with van der Waals surface area (Å²) in [5.74, 6) is 0. The summed E-state index contributed by atoms with van der Waals surface area (Å²) < 4.78 is 0. The molecule has 0 bridgehead atoms. The van der Waals surface area contributed by atoms with Crippen molar-refractivity contribution in [1.82, 2.24) is 0 Å². The summed E-state index contributed by atoms with van der Waals surface area (Å²) in [6, 6.07) is 92.5. The minimum absolute atomic E-state index is 0.350. The average molecular weight is 837 g/mol. The molecule has 1 atom stereocenters. The molecule has 0 amide bonds. The van der Waals surface area contributed by atoms with Crippen LogP contribution in [0.4, 0.5) is 0 Å².